The van der Waals surface area contributed by atoms with Gasteiger partial charge >= 0.3 is 0 Å². The van der Waals surface area contributed by atoms with Crippen LogP contribution in [0.3, 0.4) is 0 Å². The summed E-state index contributed by atoms with van der Waals surface area (Å²) >= 11 is 0. The van der Waals surface area contributed by atoms with Crippen LogP contribution in [0.4, 0.5) is 0 Å². The monoisotopic (exact) mass is 242 g/mol. The summed E-state index contributed by atoms with van der Waals surface area (Å²) < 4.78 is 2.23. The van der Waals surface area contributed by atoms with Crippen molar-refractivity contribution in [1.29, 1.82) is 5.26 Å². The molecule has 0 saturated carbocycles. The summed E-state index contributed by atoms with van der Waals surface area (Å²) in [4.78, 5) is 0. The number of hydrogen-bond acceptors (Lipinski definition) is 2. The molecule has 0 spiro atoms. The number of unbranched alkanes of at least 4 members (excludes halogenated alkanes) is 3. The van der Waals surface area contributed by atoms with Crippen molar-refractivity contribution in [3.05, 3.63) is 36.0 Å². The van der Waals surface area contributed by atoms with Gasteiger partial charge in [-0.25, -0.2) is 0 Å². The van der Waals surface area contributed by atoms with Crippen molar-refractivity contribution in [3.63, 3.8) is 0 Å². The molecule has 0 aliphatic carbocycles. The van der Waals surface area contributed by atoms with E-state index < -0.39 is 0 Å². The standard InChI is InChI=1S/C15H18N2O/c16-12-13-5-6-15-14(11-13)7-9-17(15)8-3-1-2-4-10-18/h5-7,9,11,18H,1-4,8,10H2. The van der Waals surface area contributed by atoms with E-state index in [2.05, 4.69) is 22.9 Å². The molecular weight excluding hydrogens is 224 g/mol. The van der Waals surface area contributed by atoms with Crippen LogP contribution in [0.1, 0.15) is 31.2 Å². The Morgan fingerprint density at radius 1 is 1.11 bits per heavy atom. The largest absolute Gasteiger partial charge is 0.396 e. The molecule has 0 radical (unpaired) electrons. The van der Waals surface area contributed by atoms with Gasteiger partial charge in [0.05, 0.1) is 11.6 Å². The minimum Gasteiger partial charge on any atom is -0.396 e. The van der Waals surface area contributed by atoms with Crippen molar-refractivity contribution in [3.8, 4) is 6.07 Å². The van der Waals surface area contributed by atoms with Gasteiger partial charge in [-0.1, -0.05) is 12.8 Å². The summed E-state index contributed by atoms with van der Waals surface area (Å²) in [6, 6.07) is 10.0. The molecule has 0 fully saturated rings. The molecule has 0 aliphatic heterocycles. The molecule has 0 saturated heterocycles. The molecule has 0 unspecified atom stereocenters. The zero-order chi connectivity index (χ0) is 12.8. The van der Waals surface area contributed by atoms with Gasteiger partial charge in [-0.2, -0.15) is 5.26 Å². The Bertz CT molecular complexity index is 551. The quantitative estimate of drug-likeness (QED) is 0.791. The third-order valence-corrected chi connectivity index (χ3v) is 3.21. The zero-order valence-corrected chi connectivity index (χ0v) is 10.5. The second-order valence-electron chi connectivity index (χ2n) is 4.53. The maximum atomic E-state index is 8.85. The second kappa shape index (κ2) is 6.23. The van der Waals surface area contributed by atoms with Crippen molar-refractivity contribution in [2.75, 3.05) is 6.61 Å². The van der Waals surface area contributed by atoms with Gasteiger partial charge in [-0.05, 0) is 37.1 Å². The van der Waals surface area contributed by atoms with Crippen LogP contribution < -0.4 is 0 Å². The first kappa shape index (κ1) is 12.7. The van der Waals surface area contributed by atoms with Crippen LogP contribution >= 0.6 is 0 Å². The number of nitrogens with zero attached hydrogens (tertiary/aromatic N) is 2. The van der Waals surface area contributed by atoms with Crippen molar-refractivity contribution >= 4 is 10.9 Å². The zero-order valence-electron chi connectivity index (χ0n) is 10.5. The number of nitriles is 1. The first-order valence-corrected chi connectivity index (χ1v) is 6.45. The summed E-state index contributed by atoms with van der Waals surface area (Å²) in [7, 11) is 0. The molecule has 0 bridgehead atoms. The molecule has 1 aromatic carbocycles. The Balaban J connectivity index is 1.99. The van der Waals surface area contributed by atoms with Crippen molar-refractivity contribution < 1.29 is 5.11 Å². The van der Waals surface area contributed by atoms with Gasteiger partial charge in [0.15, 0.2) is 0 Å². The van der Waals surface area contributed by atoms with Crippen molar-refractivity contribution in [1.82, 2.24) is 4.57 Å². The fourth-order valence-corrected chi connectivity index (χ4v) is 2.21. The van der Waals surface area contributed by atoms with E-state index in [1.807, 2.05) is 18.2 Å². The van der Waals surface area contributed by atoms with Gasteiger partial charge in [0, 0.05) is 30.3 Å². The maximum absolute atomic E-state index is 8.85. The first-order valence-electron chi connectivity index (χ1n) is 6.45. The van der Waals surface area contributed by atoms with Crippen LogP contribution in [0.15, 0.2) is 30.5 Å². The van der Waals surface area contributed by atoms with E-state index in [1.54, 1.807) is 0 Å². The van der Waals surface area contributed by atoms with Gasteiger partial charge < -0.3 is 9.67 Å². The first-order chi connectivity index (χ1) is 8.85. The van der Waals surface area contributed by atoms with E-state index in [9.17, 15) is 0 Å². The lowest BCUT2D eigenvalue weighted by atomic mass is 10.2. The highest BCUT2D eigenvalue weighted by atomic mass is 16.2. The molecule has 3 heteroatoms. The lowest BCUT2D eigenvalue weighted by Gasteiger charge is -2.05. The Morgan fingerprint density at radius 2 is 1.94 bits per heavy atom. The Hall–Kier alpha value is -1.79. The predicted molar refractivity (Wildman–Crippen MR) is 72.2 cm³/mol. The van der Waals surface area contributed by atoms with Crippen molar-refractivity contribution in [2.45, 2.75) is 32.2 Å². The lowest BCUT2D eigenvalue weighted by Crippen LogP contribution is -1.96. The third-order valence-electron chi connectivity index (χ3n) is 3.21. The summed E-state index contributed by atoms with van der Waals surface area (Å²) in [5.74, 6) is 0. The number of hydrogen-bond donors (Lipinski definition) is 1. The highest BCUT2D eigenvalue weighted by Gasteiger charge is 2.01. The number of fused-ring (bicyclic) bond motifs is 1. The summed E-state index contributed by atoms with van der Waals surface area (Å²) in [6.07, 6.45) is 6.35. The molecule has 18 heavy (non-hydrogen) atoms. The van der Waals surface area contributed by atoms with E-state index in [0.29, 0.717) is 12.2 Å². The summed E-state index contributed by atoms with van der Waals surface area (Å²) in [5, 5.41) is 18.7. The van der Waals surface area contributed by atoms with E-state index >= 15 is 0 Å². The molecule has 1 aromatic heterocycles. The molecule has 1 N–H and O–H groups in total. The average molecular weight is 242 g/mol. The van der Waals surface area contributed by atoms with Gasteiger partial charge in [-0.3, -0.25) is 0 Å². The lowest BCUT2D eigenvalue weighted by molar-refractivity contribution is 0.282. The van der Waals surface area contributed by atoms with Crippen LogP contribution in [0.2, 0.25) is 0 Å². The highest BCUT2D eigenvalue weighted by molar-refractivity contribution is 5.81. The second-order valence-corrected chi connectivity index (χ2v) is 4.53. The Kier molecular flexibility index (Phi) is 4.38. The van der Waals surface area contributed by atoms with E-state index in [1.165, 1.54) is 5.52 Å². The summed E-state index contributed by atoms with van der Waals surface area (Å²) in [6.45, 7) is 1.30. The minimum absolute atomic E-state index is 0.295. The smallest absolute Gasteiger partial charge is 0.0991 e. The predicted octanol–water partition coefficient (Wildman–Crippen LogP) is 3.07. The highest BCUT2D eigenvalue weighted by Crippen LogP contribution is 2.18. The molecule has 2 rings (SSSR count). The van der Waals surface area contributed by atoms with Crippen LogP contribution in [0, 0.1) is 11.3 Å². The number of aliphatic hydroxyl groups excluding tert-OH is 1. The van der Waals surface area contributed by atoms with Gasteiger partial charge in [-0.15, -0.1) is 0 Å². The Morgan fingerprint density at radius 3 is 2.72 bits per heavy atom. The van der Waals surface area contributed by atoms with E-state index in [0.717, 1.165) is 37.6 Å². The van der Waals surface area contributed by atoms with Crippen LogP contribution in [0.25, 0.3) is 10.9 Å². The number of rotatable bonds is 6. The van der Waals surface area contributed by atoms with E-state index in [-0.39, 0.29) is 0 Å². The molecule has 0 aliphatic rings. The number of aryl methyl sites for hydroxylation is 1. The van der Waals surface area contributed by atoms with Crippen molar-refractivity contribution in [2.24, 2.45) is 0 Å². The molecule has 0 amide bonds. The fraction of sp³-hybridized carbons (Fsp3) is 0.400. The topological polar surface area (TPSA) is 49.0 Å². The van der Waals surface area contributed by atoms with Crippen LogP contribution in [0.5, 0.6) is 0 Å². The molecule has 0 atom stereocenters. The molecule has 1 heterocycles. The molecule has 2 aromatic rings. The molecule has 3 nitrogen and oxygen atoms in total. The normalized spacial score (nSPS) is 10.7. The minimum atomic E-state index is 0.295. The van der Waals surface area contributed by atoms with Gasteiger partial charge in [0.25, 0.3) is 0 Å². The van der Waals surface area contributed by atoms with Crippen LogP contribution in [-0.4, -0.2) is 16.3 Å². The number of benzene rings is 1. The SMILES string of the molecule is N#Cc1ccc2c(ccn2CCCCCCO)c1. The molecular formula is C15H18N2O. The number of aliphatic hydroxyl groups is 1. The van der Waals surface area contributed by atoms with Gasteiger partial charge in [0.2, 0.25) is 0 Å². The summed E-state index contributed by atoms with van der Waals surface area (Å²) in [5.41, 5.74) is 1.90. The number of aromatic nitrogens is 1. The maximum Gasteiger partial charge on any atom is 0.0991 e. The Labute approximate surface area is 107 Å². The van der Waals surface area contributed by atoms with Crippen LogP contribution in [-0.2, 0) is 6.54 Å². The third kappa shape index (κ3) is 2.91. The average Bonchev–Trinajstić information content (AvgIpc) is 2.81. The van der Waals surface area contributed by atoms with Gasteiger partial charge in [0.1, 0.15) is 0 Å². The molecule has 94 valence electrons. The van der Waals surface area contributed by atoms with E-state index in [4.69, 9.17) is 10.4 Å². The fourth-order valence-electron chi connectivity index (χ4n) is 2.21.